The molecule has 612 valence electrons. The van der Waals surface area contributed by atoms with Gasteiger partial charge in [-0.05, 0) is 49.4 Å². The van der Waals surface area contributed by atoms with Gasteiger partial charge in [0.05, 0.1) is 26.4 Å². The van der Waals surface area contributed by atoms with Crippen LogP contribution in [0.4, 0.5) is 0 Å². The van der Waals surface area contributed by atoms with Crippen molar-refractivity contribution in [3.05, 3.63) is 0 Å². The van der Waals surface area contributed by atoms with E-state index < -0.39 is 97.5 Å². The smallest absolute Gasteiger partial charge is 0.462 e. The molecule has 0 spiro atoms. The minimum atomic E-state index is -4.97. The molecule has 0 saturated heterocycles. The number of ether oxygens (including phenoxy) is 4. The molecule has 0 rings (SSSR count). The first-order chi connectivity index (χ1) is 49.6. The third-order valence-corrected chi connectivity index (χ3v) is 21.8. The van der Waals surface area contributed by atoms with Gasteiger partial charge in [-0.1, -0.05) is 383 Å². The SMILES string of the molecule is CCC(C)CCCCCCCCCCCCCCCCC(=O)O[C@H](COC(=O)CCCCCCCCCCCCCCCCCC(C)C)COP(=O)(O)OCC(O)COP(=O)(O)OC[C@@H](COC(=O)CCCCCCCCCC(C)C)OC(=O)CCCCCCCCCCCCCCCCC(C)C. The number of aliphatic hydroxyl groups is 1. The molecule has 0 aromatic rings. The van der Waals surface area contributed by atoms with Gasteiger partial charge >= 0.3 is 39.5 Å². The van der Waals surface area contributed by atoms with Gasteiger partial charge in [0, 0.05) is 25.7 Å². The van der Waals surface area contributed by atoms with Crippen molar-refractivity contribution in [2.45, 2.75) is 453 Å². The Morgan fingerprint density at radius 3 is 0.689 bits per heavy atom. The molecule has 0 aliphatic rings. The molecule has 17 nitrogen and oxygen atoms in total. The number of rotatable bonds is 81. The third kappa shape index (κ3) is 76.6. The van der Waals surface area contributed by atoms with Crippen LogP contribution in [0.5, 0.6) is 0 Å². The highest BCUT2D eigenvalue weighted by Gasteiger charge is 2.30. The van der Waals surface area contributed by atoms with Gasteiger partial charge in [-0.2, -0.15) is 0 Å². The molecule has 4 unspecified atom stereocenters. The number of esters is 4. The summed E-state index contributed by atoms with van der Waals surface area (Å²) >= 11 is 0. The maximum atomic E-state index is 13.1. The zero-order valence-corrected chi connectivity index (χ0v) is 69.7. The largest absolute Gasteiger partial charge is 0.472 e. The van der Waals surface area contributed by atoms with E-state index in [0.717, 1.165) is 114 Å². The van der Waals surface area contributed by atoms with Gasteiger partial charge in [-0.15, -0.1) is 0 Å². The second kappa shape index (κ2) is 72.9. The summed E-state index contributed by atoms with van der Waals surface area (Å²) in [6, 6.07) is 0. The van der Waals surface area contributed by atoms with Crippen molar-refractivity contribution in [3.8, 4) is 0 Å². The van der Waals surface area contributed by atoms with Gasteiger partial charge in [0.2, 0.25) is 0 Å². The molecular formula is C84H164O17P2. The van der Waals surface area contributed by atoms with Crippen LogP contribution in [0.3, 0.4) is 0 Å². The van der Waals surface area contributed by atoms with Crippen LogP contribution in [-0.4, -0.2) is 96.7 Å². The number of hydrogen-bond acceptors (Lipinski definition) is 15. The van der Waals surface area contributed by atoms with Crippen LogP contribution in [0.15, 0.2) is 0 Å². The summed E-state index contributed by atoms with van der Waals surface area (Å²) in [6.45, 7) is 14.3. The molecule has 0 aliphatic carbocycles. The molecule has 0 aliphatic heterocycles. The number of phosphoric acid groups is 2. The quantitative estimate of drug-likeness (QED) is 0.0222. The van der Waals surface area contributed by atoms with Crippen LogP contribution in [0.1, 0.15) is 434 Å². The minimum Gasteiger partial charge on any atom is -0.462 e. The summed E-state index contributed by atoms with van der Waals surface area (Å²) in [6.07, 6.45) is 61.0. The topological polar surface area (TPSA) is 237 Å². The molecule has 3 N–H and O–H groups in total. The van der Waals surface area contributed by atoms with Gasteiger partial charge in [-0.25, -0.2) is 9.13 Å². The number of aliphatic hydroxyl groups excluding tert-OH is 1. The Morgan fingerprint density at radius 2 is 0.466 bits per heavy atom. The average molecular weight is 1510 g/mol. The summed E-state index contributed by atoms with van der Waals surface area (Å²) in [7, 11) is -9.93. The van der Waals surface area contributed by atoms with Crippen LogP contribution in [-0.2, 0) is 65.4 Å². The van der Waals surface area contributed by atoms with Crippen molar-refractivity contribution in [3.63, 3.8) is 0 Å². The van der Waals surface area contributed by atoms with Crippen LogP contribution in [0.2, 0.25) is 0 Å². The molecule has 0 saturated carbocycles. The number of unbranched alkanes of at least 4 members (excludes halogenated alkanes) is 46. The third-order valence-electron chi connectivity index (χ3n) is 19.9. The lowest BCUT2D eigenvalue weighted by Gasteiger charge is -2.21. The fourth-order valence-corrected chi connectivity index (χ4v) is 14.5. The Bertz CT molecular complexity index is 2010. The number of hydrogen-bond donors (Lipinski definition) is 3. The lowest BCUT2D eigenvalue weighted by atomic mass is 9.99. The summed E-state index contributed by atoms with van der Waals surface area (Å²) in [5, 5.41) is 10.7. The van der Waals surface area contributed by atoms with Gasteiger partial charge < -0.3 is 33.8 Å². The van der Waals surface area contributed by atoms with E-state index >= 15 is 0 Å². The fourth-order valence-electron chi connectivity index (χ4n) is 12.9. The van der Waals surface area contributed by atoms with E-state index in [0.29, 0.717) is 31.6 Å². The van der Waals surface area contributed by atoms with Crippen molar-refractivity contribution >= 4 is 39.5 Å². The Hall–Kier alpha value is -1.94. The van der Waals surface area contributed by atoms with Gasteiger partial charge in [0.25, 0.3) is 0 Å². The first-order valence-corrected chi connectivity index (χ1v) is 46.2. The van der Waals surface area contributed by atoms with Gasteiger partial charge in [0.15, 0.2) is 12.2 Å². The standard InChI is InChI=1S/C84H164O17P2/c1-9-77(8)63-55-47-39-31-25-19-14-16-22-28-34-42-51-59-66-83(88)100-79(70-94-81(86)64-56-48-40-32-26-20-12-10-11-17-23-29-36-44-52-60-74(2)3)72-98-102(90,91)96-68-78(85)69-97-103(92,93)99-73-80(71-95-82(87)65-57-49-43-35-38-46-54-62-76(6)7)101-84(89)67-58-50-41-33-27-21-15-13-18-24-30-37-45-53-61-75(4)5/h74-80,85H,9-73H2,1-8H3,(H,90,91)(H,92,93)/t77?,78?,79-,80-/m1/s1. The summed E-state index contributed by atoms with van der Waals surface area (Å²) < 4.78 is 68.8. The highest BCUT2D eigenvalue weighted by atomic mass is 31.2. The fraction of sp³-hybridized carbons (Fsp3) is 0.952. The van der Waals surface area contributed by atoms with E-state index in [1.165, 1.54) is 231 Å². The normalized spacial score (nSPS) is 14.2. The van der Waals surface area contributed by atoms with Gasteiger partial charge in [-0.3, -0.25) is 37.3 Å². The maximum Gasteiger partial charge on any atom is 0.472 e. The lowest BCUT2D eigenvalue weighted by molar-refractivity contribution is -0.161. The van der Waals surface area contributed by atoms with Crippen molar-refractivity contribution in [1.29, 1.82) is 0 Å². The summed E-state index contributed by atoms with van der Waals surface area (Å²) in [5.41, 5.74) is 0. The molecule has 0 bridgehead atoms. The molecular weight excluding hydrogens is 1340 g/mol. The second-order valence-electron chi connectivity index (χ2n) is 31.9. The number of carbonyl (C=O) groups is 4. The molecule has 0 heterocycles. The highest BCUT2D eigenvalue weighted by molar-refractivity contribution is 7.47. The monoisotopic (exact) mass is 1510 g/mol. The molecule has 0 amide bonds. The second-order valence-corrected chi connectivity index (χ2v) is 34.8. The van der Waals surface area contributed by atoms with E-state index in [-0.39, 0.29) is 25.7 Å². The van der Waals surface area contributed by atoms with Crippen LogP contribution in [0.25, 0.3) is 0 Å². The maximum absolute atomic E-state index is 13.1. The Morgan fingerprint density at radius 1 is 0.272 bits per heavy atom. The molecule has 19 heteroatoms. The summed E-state index contributed by atoms with van der Waals surface area (Å²) in [4.78, 5) is 73.1. The molecule has 0 fully saturated rings. The number of carbonyl (C=O) groups excluding carboxylic acids is 4. The van der Waals surface area contributed by atoms with Crippen LogP contribution < -0.4 is 0 Å². The van der Waals surface area contributed by atoms with E-state index in [9.17, 15) is 43.2 Å². The van der Waals surface area contributed by atoms with E-state index in [4.69, 9.17) is 37.0 Å². The predicted molar refractivity (Wildman–Crippen MR) is 423 cm³/mol. The molecule has 103 heavy (non-hydrogen) atoms. The van der Waals surface area contributed by atoms with E-state index in [2.05, 4.69) is 55.4 Å². The highest BCUT2D eigenvalue weighted by Crippen LogP contribution is 2.45. The average Bonchev–Trinajstić information content (AvgIpc) is 0.913. The van der Waals surface area contributed by atoms with Crippen molar-refractivity contribution < 1.29 is 80.2 Å². The Labute approximate surface area is 632 Å². The van der Waals surface area contributed by atoms with E-state index in [1.54, 1.807) is 0 Å². The van der Waals surface area contributed by atoms with Crippen molar-refractivity contribution in [2.24, 2.45) is 23.7 Å². The van der Waals surface area contributed by atoms with Crippen molar-refractivity contribution in [1.82, 2.24) is 0 Å². The van der Waals surface area contributed by atoms with Crippen molar-refractivity contribution in [2.75, 3.05) is 39.6 Å². The zero-order chi connectivity index (χ0) is 76.0. The van der Waals surface area contributed by atoms with Crippen LogP contribution >= 0.6 is 15.6 Å². The van der Waals surface area contributed by atoms with Crippen LogP contribution in [0, 0.1) is 23.7 Å². The molecule has 0 aromatic heterocycles. The zero-order valence-electron chi connectivity index (χ0n) is 68.0. The minimum absolute atomic E-state index is 0.107. The molecule has 0 aromatic carbocycles. The summed E-state index contributed by atoms with van der Waals surface area (Å²) in [5.74, 6) is 1.04. The molecule has 0 radical (unpaired) electrons. The number of phosphoric ester groups is 2. The molecule has 6 atom stereocenters. The Kier molecular flexibility index (Phi) is 71.5. The van der Waals surface area contributed by atoms with Gasteiger partial charge in [0.1, 0.15) is 19.3 Å². The van der Waals surface area contributed by atoms with E-state index in [1.807, 2.05) is 0 Å². The lowest BCUT2D eigenvalue weighted by Crippen LogP contribution is -2.30. The Balaban J connectivity index is 5.25. The first kappa shape index (κ1) is 101. The predicted octanol–water partition coefficient (Wildman–Crippen LogP) is 25.2. The first-order valence-electron chi connectivity index (χ1n) is 43.2.